The van der Waals surface area contributed by atoms with Gasteiger partial charge in [0.05, 0.1) is 12.1 Å². The van der Waals surface area contributed by atoms with Crippen LogP contribution in [0.1, 0.15) is 37.6 Å². The SMILES string of the molecule is CC(C)(C)OC(=O)NCC1CC(=O)c2cc(Br)ccc2O1. The summed E-state index contributed by atoms with van der Waals surface area (Å²) in [5.74, 6) is 0.555. The predicted octanol–water partition coefficient (Wildman–Crippen LogP) is 3.31. The van der Waals surface area contributed by atoms with Gasteiger partial charge in [-0.2, -0.15) is 0 Å². The average Bonchev–Trinajstić information content (AvgIpc) is 2.35. The van der Waals surface area contributed by atoms with Crippen molar-refractivity contribution in [1.82, 2.24) is 5.32 Å². The lowest BCUT2D eigenvalue weighted by molar-refractivity contribution is 0.0487. The van der Waals surface area contributed by atoms with Gasteiger partial charge in [-0.15, -0.1) is 0 Å². The zero-order valence-electron chi connectivity index (χ0n) is 12.2. The Balaban J connectivity index is 1.94. The summed E-state index contributed by atoms with van der Waals surface area (Å²) in [4.78, 5) is 23.7. The number of carbonyl (C=O) groups is 2. The molecule has 0 bridgehead atoms. The van der Waals surface area contributed by atoms with Crippen molar-refractivity contribution in [2.75, 3.05) is 6.54 Å². The summed E-state index contributed by atoms with van der Waals surface area (Å²) in [6.45, 7) is 5.61. The third kappa shape index (κ3) is 4.46. The van der Waals surface area contributed by atoms with Crippen molar-refractivity contribution in [3.05, 3.63) is 28.2 Å². The number of rotatable bonds is 2. The van der Waals surface area contributed by atoms with Crippen LogP contribution in [0.2, 0.25) is 0 Å². The average molecular weight is 356 g/mol. The van der Waals surface area contributed by atoms with Crippen LogP contribution in [-0.2, 0) is 4.74 Å². The van der Waals surface area contributed by atoms with Crippen LogP contribution in [0.25, 0.3) is 0 Å². The molecule has 0 saturated carbocycles. The monoisotopic (exact) mass is 355 g/mol. The van der Waals surface area contributed by atoms with Crippen LogP contribution in [0.3, 0.4) is 0 Å². The van der Waals surface area contributed by atoms with Gasteiger partial charge in [-0.3, -0.25) is 4.79 Å². The highest BCUT2D eigenvalue weighted by Crippen LogP contribution is 2.29. The molecule has 0 fully saturated rings. The van der Waals surface area contributed by atoms with E-state index >= 15 is 0 Å². The number of benzene rings is 1. The highest BCUT2D eigenvalue weighted by molar-refractivity contribution is 9.10. The van der Waals surface area contributed by atoms with Crippen LogP contribution in [0, 0.1) is 0 Å². The number of fused-ring (bicyclic) bond motifs is 1. The van der Waals surface area contributed by atoms with Crippen molar-refractivity contribution in [2.45, 2.75) is 38.9 Å². The number of alkyl carbamates (subject to hydrolysis) is 1. The molecule has 0 radical (unpaired) electrons. The molecule has 1 aliphatic rings. The number of hydrogen-bond donors (Lipinski definition) is 1. The standard InChI is InChI=1S/C15H18BrNO4/c1-15(2,3)21-14(19)17-8-10-7-12(18)11-6-9(16)4-5-13(11)20-10/h4-6,10H,7-8H2,1-3H3,(H,17,19). The van der Waals surface area contributed by atoms with Crippen LogP contribution in [0.15, 0.2) is 22.7 Å². The van der Waals surface area contributed by atoms with E-state index in [1.807, 2.05) is 6.07 Å². The molecule has 1 amide bonds. The van der Waals surface area contributed by atoms with Crippen molar-refractivity contribution in [3.8, 4) is 5.75 Å². The van der Waals surface area contributed by atoms with E-state index in [0.29, 0.717) is 11.3 Å². The number of halogens is 1. The van der Waals surface area contributed by atoms with Gasteiger partial charge in [-0.1, -0.05) is 15.9 Å². The van der Waals surface area contributed by atoms with Gasteiger partial charge >= 0.3 is 6.09 Å². The summed E-state index contributed by atoms with van der Waals surface area (Å²) in [6.07, 6.45) is -0.655. The summed E-state index contributed by atoms with van der Waals surface area (Å²) in [5, 5.41) is 2.62. The van der Waals surface area contributed by atoms with E-state index in [-0.39, 0.29) is 24.9 Å². The molecule has 0 aliphatic carbocycles. The molecule has 0 aromatic heterocycles. The fourth-order valence-electron chi connectivity index (χ4n) is 1.99. The molecule has 1 heterocycles. The second-order valence-electron chi connectivity index (χ2n) is 5.89. The smallest absolute Gasteiger partial charge is 0.407 e. The summed E-state index contributed by atoms with van der Waals surface area (Å²) in [6, 6.07) is 5.31. The Kier molecular flexibility index (Phi) is 4.56. The summed E-state index contributed by atoms with van der Waals surface area (Å²) in [7, 11) is 0. The van der Waals surface area contributed by atoms with Crippen molar-refractivity contribution in [2.24, 2.45) is 0 Å². The van der Waals surface area contributed by atoms with Crippen LogP contribution in [-0.4, -0.2) is 30.1 Å². The first-order valence-corrected chi connectivity index (χ1v) is 7.50. The molecule has 1 aromatic carbocycles. The number of nitrogens with one attached hydrogen (secondary N) is 1. The molecule has 1 aromatic rings. The van der Waals surface area contributed by atoms with E-state index in [9.17, 15) is 9.59 Å². The van der Waals surface area contributed by atoms with Gasteiger partial charge in [0.25, 0.3) is 0 Å². The topological polar surface area (TPSA) is 64.6 Å². The summed E-state index contributed by atoms with van der Waals surface area (Å²) in [5.41, 5.74) is 0.0181. The lowest BCUT2D eigenvalue weighted by Gasteiger charge is -2.26. The second kappa shape index (κ2) is 6.05. The quantitative estimate of drug-likeness (QED) is 0.883. The Hall–Kier alpha value is -1.56. The van der Waals surface area contributed by atoms with Crippen LogP contribution in [0.5, 0.6) is 5.75 Å². The van der Waals surface area contributed by atoms with Gasteiger partial charge in [-0.25, -0.2) is 4.79 Å². The Bertz CT molecular complexity index is 565. The minimum atomic E-state index is -0.549. The van der Waals surface area contributed by atoms with Crippen molar-refractivity contribution in [3.63, 3.8) is 0 Å². The van der Waals surface area contributed by atoms with Crippen molar-refractivity contribution in [1.29, 1.82) is 0 Å². The second-order valence-corrected chi connectivity index (χ2v) is 6.81. The zero-order valence-corrected chi connectivity index (χ0v) is 13.8. The maximum atomic E-state index is 12.1. The molecule has 1 unspecified atom stereocenters. The number of hydrogen-bond acceptors (Lipinski definition) is 4. The van der Waals surface area contributed by atoms with Gasteiger partial charge in [0, 0.05) is 10.9 Å². The van der Waals surface area contributed by atoms with E-state index in [1.165, 1.54) is 0 Å². The number of ether oxygens (including phenoxy) is 2. The van der Waals surface area contributed by atoms with Crippen LogP contribution < -0.4 is 10.1 Å². The normalized spacial score (nSPS) is 17.7. The molecule has 1 N–H and O–H groups in total. The first-order chi connectivity index (χ1) is 9.74. The predicted molar refractivity (Wildman–Crippen MR) is 81.7 cm³/mol. The number of Topliss-reactive ketones (excluding diaryl/α,β-unsaturated/α-hetero) is 1. The molecule has 114 valence electrons. The lowest BCUT2D eigenvalue weighted by Crippen LogP contribution is -2.41. The zero-order chi connectivity index (χ0) is 15.6. The summed E-state index contributed by atoms with van der Waals surface area (Å²) >= 11 is 3.33. The highest BCUT2D eigenvalue weighted by atomic mass is 79.9. The van der Waals surface area contributed by atoms with Crippen LogP contribution in [0.4, 0.5) is 4.79 Å². The molecular formula is C15H18BrNO4. The highest BCUT2D eigenvalue weighted by Gasteiger charge is 2.27. The molecule has 1 aliphatic heterocycles. The minimum absolute atomic E-state index is 0.00791. The first-order valence-electron chi connectivity index (χ1n) is 6.71. The fourth-order valence-corrected chi connectivity index (χ4v) is 2.35. The van der Waals surface area contributed by atoms with Gasteiger partial charge in [-0.05, 0) is 39.0 Å². The van der Waals surface area contributed by atoms with Gasteiger partial charge < -0.3 is 14.8 Å². The maximum Gasteiger partial charge on any atom is 0.407 e. The van der Waals surface area contributed by atoms with Crippen molar-refractivity contribution >= 4 is 27.8 Å². The van der Waals surface area contributed by atoms with E-state index < -0.39 is 11.7 Å². The number of amides is 1. The van der Waals surface area contributed by atoms with Crippen LogP contribution >= 0.6 is 15.9 Å². The Morgan fingerprint density at radius 3 is 2.86 bits per heavy atom. The molecule has 2 rings (SSSR count). The van der Waals surface area contributed by atoms with Gasteiger partial charge in [0.2, 0.25) is 0 Å². The number of carbonyl (C=O) groups excluding carboxylic acids is 2. The Morgan fingerprint density at radius 2 is 2.19 bits per heavy atom. The molecule has 1 atom stereocenters. The molecule has 0 saturated heterocycles. The first kappa shape index (κ1) is 15.8. The maximum absolute atomic E-state index is 12.1. The lowest BCUT2D eigenvalue weighted by atomic mass is 10.0. The van der Waals surface area contributed by atoms with E-state index in [2.05, 4.69) is 21.2 Å². The van der Waals surface area contributed by atoms with E-state index in [0.717, 1.165) is 4.47 Å². The molecule has 21 heavy (non-hydrogen) atoms. The summed E-state index contributed by atoms with van der Waals surface area (Å²) < 4.78 is 11.7. The van der Waals surface area contributed by atoms with Gasteiger partial charge in [0.15, 0.2) is 5.78 Å². The molecular weight excluding hydrogens is 338 g/mol. The number of ketones is 1. The Morgan fingerprint density at radius 1 is 1.48 bits per heavy atom. The van der Waals surface area contributed by atoms with Crippen molar-refractivity contribution < 1.29 is 19.1 Å². The largest absolute Gasteiger partial charge is 0.487 e. The molecule has 6 heteroatoms. The third-order valence-corrected chi connectivity index (χ3v) is 3.31. The Labute approximate surface area is 132 Å². The fraction of sp³-hybridized carbons (Fsp3) is 0.467. The van der Waals surface area contributed by atoms with Gasteiger partial charge in [0.1, 0.15) is 17.5 Å². The van der Waals surface area contributed by atoms with E-state index in [1.54, 1.807) is 32.9 Å². The van der Waals surface area contributed by atoms with E-state index in [4.69, 9.17) is 9.47 Å². The molecule has 0 spiro atoms. The minimum Gasteiger partial charge on any atom is -0.487 e. The third-order valence-electron chi connectivity index (χ3n) is 2.82. The molecule has 5 nitrogen and oxygen atoms in total.